The summed E-state index contributed by atoms with van der Waals surface area (Å²) in [4.78, 5) is 11.2. The van der Waals surface area contributed by atoms with E-state index in [-0.39, 0.29) is 6.04 Å². The van der Waals surface area contributed by atoms with Crippen LogP contribution in [0.3, 0.4) is 0 Å². The van der Waals surface area contributed by atoms with Crippen LogP contribution < -0.4 is 4.72 Å². The molecule has 1 rings (SSSR count). The van der Waals surface area contributed by atoms with Crippen molar-refractivity contribution in [2.45, 2.75) is 50.3 Å². The van der Waals surface area contributed by atoms with Gasteiger partial charge in [0.05, 0.1) is 7.11 Å². The number of methoxy groups -OCH3 is 1. The lowest BCUT2D eigenvalue weighted by Crippen LogP contribution is -2.44. The fourth-order valence-corrected chi connectivity index (χ4v) is 3.10. The highest BCUT2D eigenvalue weighted by Gasteiger charge is 2.31. The second-order valence-electron chi connectivity index (χ2n) is 4.16. The fraction of sp³-hybridized carbons (Fsp3) is 0.900. The van der Waals surface area contributed by atoms with E-state index in [0.717, 1.165) is 32.1 Å². The molecule has 16 heavy (non-hydrogen) atoms. The first-order valence-corrected chi connectivity index (χ1v) is 7.11. The highest BCUT2D eigenvalue weighted by atomic mass is 32.2. The van der Waals surface area contributed by atoms with Crippen LogP contribution in [-0.4, -0.2) is 32.8 Å². The summed E-state index contributed by atoms with van der Waals surface area (Å²) in [5, 5.41) is -1.14. The molecule has 1 atom stereocenters. The predicted octanol–water partition coefficient (Wildman–Crippen LogP) is 0.800. The summed E-state index contributed by atoms with van der Waals surface area (Å²) in [5.74, 6) is -0.719. The number of hydrogen-bond acceptors (Lipinski definition) is 4. The van der Waals surface area contributed by atoms with Gasteiger partial charge in [0.1, 0.15) is 0 Å². The first-order chi connectivity index (χ1) is 7.47. The van der Waals surface area contributed by atoms with E-state index in [0.29, 0.717) is 0 Å². The number of esters is 1. The molecule has 0 saturated heterocycles. The van der Waals surface area contributed by atoms with Crippen molar-refractivity contribution in [3.8, 4) is 0 Å². The Morgan fingerprint density at radius 3 is 2.38 bits per heavy atom. The van der Waals surface area contributed by atoms with E-state index >= 15 is 0 Å². The summed E-state index contributed by atoms with van der Waals surface area (Å²) >= 11 is 0. The van der Waals surface area contributed by atoms with E-state index in [9.17, 15) is 13.2 Å². The lowest BCUT2D eigenvalue weighted by Gasteiger charge is -2.23. The summed E-state index contributed by atoms with van der Waals surface area (Å²) < 4.78 is 30.6. The van der Waals surface area contributed by atoms with Gasteiger partial charge in [-0.15, -0.1) is 0 Å². The second kappa shape index (κ2) is 5.63. The van der Waals surface area contributed by atoms with Gasteiger partial charge in [0.2, 0.25) is 10.0 Å². The lowest BCUT2D eigenvalue weighted by atomic mass is 9.96. The zero-order valence-electron chi connectivity index (χ0n) is 9.73. The van der Waals surface area contributed by atoms with Crippen molar-refractivity contribution in [1.82, 2.24) is 4.72 Å². The topological polar surface area (TPSA) is 72.5 Å². The summed E-state index contributed by atoms with van der Waals surface area (Å²) in [6.45, 7) is 1.34. The molecule has 1 aliphatic carbocycles. The number of ether oxygens (including phenoxy) is 1. The number of nitrogens with one attached hydrogen (secondary N) is 1. The monoisotopic (exact) mass is 249 g/mol. The molecule has 0 amide bonds. The SMILES string of the molecule is COC(=O)C(C)S(=O)(=O)NC1CCCCC1. The Bertz CT molecular complexity index is 333. The largest absolute Gasteiger partial charge is 0.468 e. The van der Waals surface area contributed by atoms with Crippen LogP contribution in [-0.2, 0) is 19.6 Å². The van der Waals surface area contributed by atoms with Gasteiger partial charge in [0.15, 0.2) is 5.25 Å². The van der Waals surface area contributed by atoms with Crippen molar-refractivity contribution >= 4 is 16.0 Å². The predicted molar refractivity (Wildman–Crippen MR) is 60.4 cm³/mol. The first kappa shape index (κ1) is 13.4. The number of rotatable bonds is 4. The minimum Gasteiger partial charge on any atom is -0.468 e. The van der Waals surface area contributed by atoms with Crippen molar-refractivity contribution in [2.75, 3.05) is 7.11 Å². The highest BCUT2D eigenvalue weighted by Crippen LogP contribution is 2.18. The number of sulfonamides is 1. The molecule has 1 unspecified atom stereocenters. The molecule has 1 fully saturated rings. The van der Waals surface area contributed by atoms with Crippen LogP contribution in [0.4, 0.5) is 0 Å². The van der Waals surface area contributed by atoms with E-state index in [1.54, 1.807) is 0 Å². The Hall–Kier alpha value is -0.620. The Labute approximate surface area is 96.6 Å². The van der Waals surface area contributed by atoms with Crippen molar-refractivity contribution in [2.24, 2.45) is 0 Å². The summed E-state index contributed by atoms with van der Waals surface area (Å²) in [7, 11) is -2.41. The van der Waals surface area contributed by atoms with Crippen LogP contribution in [0.25, 0.3) is 0 Å². The Balaban J connectivity index is 2.59. The van der Waals surface area contributed by atoms with E-state index in [2.05, 4.69) is 9.46 Å². The zero-order valence-corrected chi connectivity index (χ0v) is 10.5. The van der Waals surface area contributed by atoms with Gasteiger partial charge in [-0.2, -0.15) is 0 Å². The Kier molecular flexibility index (Phi) is 4.73. The molecule has 0 bridgehead atoms. The molecule has 0 aromatic rings. The molecule has 0 radical (unpaired) electrons. The number of carbonyl (C=O) groups is 1. The standard InChI is InChI=1S/C10H19NO4S/c1-8(10(12)15-2)16(13,14)11-9-6-4-3-5-7-9/h8-9,11H,3-7H2,1-2H3. The molecule has 0 aromatic heterocycles. The van der Waals surface area contributed by atoms with Gasteiger partial charge in [0.25, 0.3) is 0 Å². The molecule has 5 nitrogen and oxygen atoms in total. The molecule has 0 aromatic carbocycles. The maximum atomic E-state index is 11.8. The van der Waals surface area contributed by atoms with E-state index in [1.165, 1.54) is 14.0 Å². The van der Waals surface area contributed by atoms with Gasteiger partial charge in [0, 0.05) is 6.04 Å². The molecule has 1 N–H and O–H groups in total. The van der Waals surface area contributed by atoms with Gasteiger partial charge in [-0.05, 0) is 19.8 Å². The smallest absolute Gasteiger partial charge is 0.325 e. The van der Waals surface area contributed by atoms with Crippen LogP contribution in [0, 0.1) is 0 Å². The Morgan fingerprint density at radius 2 is 1.88 bits per heavy atom. The van der Waals surface area contributed by atoms with Crippen LogP contribution in [0.2, 0.25) is 0 Å². The minimum atomic E-state index is -3.60. The molecule has 0 spiro atoms. The van der Waals surface area contributed by atoms with Crippen LogP contribution in [0.15, 0.2) is 0 Å². The van der Waals surface area contributed by atoms with Gasteiger partial charge in [-0.25, -0.2) is 13.1 Å². The third-order valence-electron chi connectivity index (χ3n) is 2.93. The molecular weight excluding hydrogens is 230 g/mol. The third kappa shape index (κ3) is 3.45. The number of carbonyl (C=O) groups excluding carboxylic acids is 1. The van der Waals surface area contributed by atoms with Crippen LogP contribution in [0.5, 0.6) is 0 Å². The second-order valence-corrected chi connectivity index (χ2v) is 6.20. The van der Waals surface area contributed by atoms with Gasteiger partial charge >= 0.3 is 5.97 Å². The average molecular weight is 249 g/mol. The first-order valence-electron chi connectivity index (χ1n) is 5.56. The van der Waals surface area contributed by atoms with Gasteiger partial charge in [-0.3, -0.25) is 4.79 Å². The summed E-state index contributed by atoms with van der Waals surface area (Å²) in [5.41, 5.74) is 0. The van der Waals surface area contributed by atoms with Crippen molar-refractivity contribution in [3.05, 3.63) is 0 Å². The van der Waals surface area contributed by atoms with Crippen LogP contribution in [0.1, 0.15) is 39.0 Å². The fourth-order valence-electron chi connectivity index (χ4n) is 1.85. The summed E-state index contributed by atoms with van der Waals surface area (Å²) in [6, 6.07) is -0.0224. The maximum absolute atomic E-state index is 11.8. The molecule has 0 heterocycles. The summed E-state index contributed by atoms with van der Waals surface area (Å²) in [6.07, 6.45) is 4.95. The zero-order chi connectivity index (χ0) is 12.2. The molecule has 0 aliphatic heterocycles. The quantitative estimate of drug-likeness (QED) is 0.748. The van der Waals surface area contributed by atoms with Crippen molar-refractivity contribution in [1.29, 1.82) is 0 Å². The maximum Gasteiger partial charge on any atom is 0.325 e. The van der Waals surface area contributed by atoms with Crippen molar-refractivity contribution in [3.63, 3.8) is 0 Å². The minimum absolute atomic E-state index is 0.0224. The van der Waals surface area contributed by atoms with E-state index in [1.807, 2.05) is 0 Å². The van der Waals surface area contributed by atoms with Crippen LogP contribution >= 0.6 is 0 Å². The molecular formula is C10H19NO4S. The number of hydrogen-bond donors (Lipinski definition) is 1. The average Bonchev–Trinajstić information content (AvgIpc) is 2.27. The molecule has 94 valence electrons. The van der Waals surface area contributed by atoms with E-state index < -0.39 is 21.2 Å². The molecule has 1 aliphatic rings. The third-order valence-corrected chi connectivity index (χ3v) is 4.72. The Morgan fingerprint density at radius 1 is 1.31 bits per heavy atom. The highest BCUT2D eigenvalue weighted by molar-refractivity contribution is 7.90. The molecule has 1 saturated carbocycles. The normalized spacial score (nSPS) is 20.4. The van der Waals surface area contributed by atoms with Gasteiger partial charge < -0.3 is 4.74 Å². The van der Waals surface area contributed by atoms with Gasteiger partial charge in [-0.1, -0.05) is 19.3 Å². The van der Waals surface area contributed by atoms with E-state index in [4.69, 9.17) is 0 Å². The van der Waals surface area contributed by atoms with Crippen molar-refractivity contribution < 1.29 is 17.9 Å². The molecule has 6 heteroatoms. The lowest BCUT2D eigenvalue weighted by molar-refractivity contribution is -0.139.